The van der Waals surface area contributed by atoms with Gasteiger partial charge in [-0.3, -0.25) is 0 Å². The fraction of sp³-hybridized carbons (Fsp3) is 0.500. The van der Waals surface area contributed by atoms with Crippen LogP contribution in [-0.2, 0) is 6.42 Å². The van der Waals surface area contributed by atoms with Crippen LogP contribution >= 0.6 is 11.6 Å². The lowest BCUT2D eigenvalue weighted by molar-refractivity contribution is 0.297. The molecule has 0 bridgehead atoms. The zero-order valence-electron chi connectivity index (χ0n) is 9.17. The highest BCUT2D eigenvalue weighted by molar-refractivity contribution is 6.33. The van der Waals surface area contributed by atoms with Crippen molar-refractivity contribution < 1.29 is 9.47 Å². The van der Waals surface area contributed by atoms with Crippen molar-refractivity contribution in [1.82, 2.24) is 0 Å². The Morgan fingerprint density at radius 2 is 2.06 bits per heavy atom. The van der Waals surface area contributed by atoms with Gasteiger partial charge in [0.05, 0.1) is 18.2 Å². The van der Waals surface area contributed by atoms with Gasteiger partial charge in [0.2, 0.25) is 0 Å². The molecule has 1 aromatic carbocycles. The van der Waals surface area contributed by atoms with Gasteiger partial charge in [0, 0.05) is 6.42 Å². The molecule has 0 saturated heterocycles. The number of rotatable bonds is 3. The molecule has 1 aromatic rings. The van der Waals surface area contributed by atoms with E-state index in [1.165, 1.54) is 0 Å². The van der Waals surface area contributed by atoms with Gasteiger partial charge >= 0.3 is 0 Å². The maximum Gasteiger partial charge on any atom is 0.180 e. The first-order chi connectivity index (χ1) is 7.83. The van der Waals surface area contributed by atoms with E-state index in [9.17, 15) is 0 Å². The second kappa shape index (κ2) is 5.41. The average molecular weight is 242 g/mol. The van der Waals surface area contributed by atoms with Crippen LogP contribution in [-0.4, -0.2) is 19.8 Å². The summed E-state index contributed by atoms with van der Waals surface area (Å²) in [6.07, 6.45) is 2.70. The minimum absolute atomic E-state index is 0.660. The Hall–Kier alpha value is -0.930. The molecule has 0 unspecified atom stereocenters. The smallest absolute Gasteiger partial charge is 0.180 e. The van der Waals surface area contributed by atoms with E-state index in [-0.39, 0.29) is 0 Å². The van der Waals surface area contributed by atoms with Gasteiger partial charge in [-0.25, -0.2) is 0 Å². The van der Waals surface area contributed by atoms with E-state index < -0.39 is 0 Å². The summed E-state index contributed by atoms with van der Waals surface area (Å²) in [7, 11) is 0. The number of halogens is 1. The number of hydrogen-bond donors (Lipinski definition) is 1. The first-order valence-electron chi connectivity index (χ1n) is 5.60. The first kappa shape index (κ1) is 11.6. The van der Waals surface area contributed by atoms with Crippen molar-refractivity contribution in [1.29, 1.82) is 0 Å². The molecule has 88 valence electrons. The van der Waals surface area contributed by atoms with E-state index in [1.54, 1.807) is 0 Å². The van der Waals surface area contributed by atoms with Crippen LogP contribution in [0.2, 0.25) is 5.02 Å². The van der Waals surface area contributed by atoms with Gasteiger partial charge in [-0.05, 0) is 31.0 Å². The number of benzene rings is 1. The molecule has 4 heteroatoms. The number of ether oxygens (including phenoxy) is 2. The highest BCUT2D eigenvalue weighted by Gasteiger charge is 2.16. The lowest BCUT2D eigenvalue weighted by Crippen LogP contribution is -2.01. The van der Waals surface area contributed by atoms with Crippen molar-refractivity contribution in [2.45, 2.75) is 19.3 Å². The molecule has 2 N–H and O–H groups in total. The van der Waals surface area contributed by atoms with Crippen LogP contribution in [0.4, 0.5) is 0 Å². The van der Waals surface area contributed by atoms with E-state index in [2.05, 4.69) is 0 Å². The van der Waals surface area contributed by atoms with Crippen molar-refractivity contribution in [2.24, 2.45) is 5.73 Å². The fourth-order valence-corrected chi connectivity index (χ4v) is 2.03. The standard InChI is InChI=1S/C12H16ClNO2/c13-11-9(3-1-6-14)4-5-10-12(11)16-8-2-7-15-10/h4-5H,1-3,6-8,14H2. The van der Waals surface area contributed by atoms with Gasteiger partial charge < -0.3 is 15.2 Å². The topological polar surface area (TPSA) is 44.5 Å². The van der Waals surface area contributed by atoms with Crippen LogP contribution in [0.15, 0.2) is 12.1 Å². The number of hydrogen-bond acceptors (Lipinski definition) is 3. The predicted molar refractivity (Wildman–Crippen MR) is 64.4 cm³/mol. The summed E-state index contributed by atoms with van der Waals surface area (Å²) < 4.78 is 11.2. The maximum absolute atomic E-state index is 6.29. The summed E-state index contributed by atoms with van der Waals surface area (Å²) in [6, 6.07) is 3.92. The Labute approximate surface area is 100 Å². The molecule has 0 spiro atoms. The van der Waals surface area contributed by atoms with Gasteiger partial charge in [-0.2, -0.15) is 0 Å². The monoisotopic (exact) mass is 241 g/mol. The Bertz CT molecular complexity index is 368. The van der Waals surface area contributed by atoms with Crippen molar-refractivity contribution >= 4 is 11.6 Å². The predicted octanol–water partition coefficient (Wildman–Crippen LogP) is 2.39. The van der Waals surface area contributed by atoms with Crippen LogP contribution in [0.5, 0.6) is 11.5 Å². The molecule has 16 heavy (non-hydrogen) atoms. The van der Waals surface area contributed by atoms with Crippen LogP contribution in [0.25, 0.3) is 0 Å². The minimum atomic E-state index is 0.660. The van der Waals surface area contributed by atoms with Crippen LogP contribution < -0.4 is 15.2 Å². The van der Waals surface area contributed by atoms with E-state index in [0.717, 1.165) is 30.6 Å². The molecule has 0 radical (unpaired) electrons. The molecule has 2 rings (SSSR count). The van der Waals surface area contributed by atoms with Crippen LogP contribution in [0.1, 0.15) is 18.4 Å². The SMILES string of the molecule is NCCCc1ccc2c(c1Cl)OCCCO2. The summed E-state index contributed by atoms with van der Waals surface area (Å²) in [5.74, 6) is 1.44. The Balaban J connectivity index is 2.26. The molecule has 1 aliphatic heterocycles. The van der Waals surface area contributed by atoms with Crippen molar-refractivity contribution in [3.05, 3.63) is 22.7 Å². The molecule has 0 amide bonds. The first-order valence-corrected chi connectivity index (χ1v) is 5.98. The molecule has 0 aliphatic carbocycles. The third-order valence-corrected chi connectivity index (χ3v) is 3.00. The van der Waals surface area contributed by atoms with Crippen LogP contribution in [0, 0.1) is 0 Å². The van der Waals surface area contributed by atoms with Crippen molar-refractivity contribution in [3.63, 3.8) is 0 Å². The zero-order chi connectivity index (χ0) is 11.4. The Morgan fingerprint density at radius 1 is 1.25 bits per heavy atom. The second-order valence-corrected chi connectivity index (χ2v) is 4.19. The average Bonchev–Trinajstić information content (AvgIpc) is 2.54. The van der Waals surface area contributed by atoms with Gasteiger partial charge in [0.25, 0.3) is 0 Å². The highest BCUT2D eigenvalue weighted by Crippen LogP contribution is 2.39. The third-order valence-electron chi connectivity index (χ3n) is 2.58. The minimum Gasteiger partial charge on any atom is -0.490 e. The van der Waals surface area contributed by atoms with E-state index in [4.69, 9.17) is 26.8 Å². The summed E-state index contributed by atoms with van der Waals surface area (Å²) in [5.41, 5.74) is 6.57. The molecule has 1 aliphatic rings. The molecule has 0 saturated carbocycles. The van der Waals surface area contributed by atoms with Gasteiger partial charge in [0.15, 0.2) is 11.5 Å². The van der Waals surface area contributed by atoms with Gasteiger partial charge in [0.1, 0.15) is 0 Å². The maximum atomic E-state index is 6.29. The summed E-state index contributed by atoms with van der Waals surface area (Å²) in [4.78, 5) is 0. The lowest BCUT2D eigenvalue weighted by Gasteiger charge is -2.12. The number of nitrogens with two attached hydrogens (primary N) is 1. The normalized spacial score (nSPS) is 14.6. The lowest BCUT2D eigenvalue weighted by atomic mass is 10.1. The van der Waals surface area contributed by atoms with E-state index in [1.807, 2.05) is 12.1 Å². The molecule has 0 atom stereocenters. The molecule has 3 nitrogen and oxygen atoms in total. The fourth-order valence-electron chi connectivity index (χ4n) is 1.73. The highest BCUT2D eigenvalue weighted by atomic mass is 35.5. The van der Waals surface area contributed by atoms with E-state index >= 15 is 0 Å². The van der Waals surface area contributed by atoms with Crippen molar-refractivity contribution in [2.75, 3.05) is 19.8 Å². The molecular formula is C12H16ClNO2. The Morgan fingerprint density at radius 3 is 2.88 bits per heavy atom. The van der Waals surface area contributed by atoms with Crippen molar-refractivity contribution in [3.8, 4) is 11.5 Å². The van der Waals surface area contributed by atoms with Gasteiger partial charge in [-0.15, -0.1) is 0 Å². The number of fused-ring (bicyclic) bond motifs is 1. The largest absolute Gasteiger partial charge is 0.490 e. The zero-order valence-corrected chi connectivity index (χ0v) is 9.93. The second-order valence-electron chi connectivity index (χ2n) is 3.81. The molecule has 1 heterocycles. The summed E-state index contributed by atoms with van der Waals surface area (Å²) >= 11 is 6.29. The molecule has 0 aromatic heterocycles. The van der Waals surface area contributed by atoms with Crippen LogP contribution in [0.3, 0.4) is 0 Å². The third kappa shape index (κ3) is 2.42. The van der Waals surface area contributed by atoms with E-state index in [0.29, 0.717) is 30.5 Å². The summed E-state index contributed by atoms with van der Waals surface area (Å²) in [5, 5.41) is 0.674. The summed E-state index contributed by atoms with van der Waals surface area (Å²) in [6.45, 7) is 2.02. The Kier molecular flexibility index (Phi) is 3.91. The van der Waals surface area contributed by atoms with Gasteiger partial charge in [-0.1, -0.05) is 17.7 Å². The molecular weight excluding hydrogens is 226 g/mol. The quantitative estimate of drug-likeness (QED) is 0.884. The number of aryl methyl sites for hydroxylation is 1. The molecule has 0 fully saturated rings.